The van der Waals surface area contributed by atoms with E-state index in [1.54, 1.807) is 0 Å². The van der Waals surface area contributed by atoms with Gasteiger partial charge in [0.05, 0.1) is 6.10 Å². The average molecular weight is 160 g/mol. The predicted molar refractivity (Wildman–Crippen MR) is 49.5 cm³/mol. The van der Waals surface area contributed by atoms with Crippen molar-refractivity contribution in [3.05, 3.63) is 48.6 Å². The number of allylic oxidation sites excluding steroid dienone is 6. The van der Waals surface area contributed by atoms with Crippen LogP contribution in [0.25, 0.3) is 0 Å². The van der Waals surface area contributed by atoms with Crippen molar-refractivity contribution in [2.75, 3.05) is 0 Å². The highest BCUT2D eigenvalue weighted by atomic mass is 16.3. The van der Waals surface area contributed by atoms with Crippen LogP contribution >= 0.6 is 0 Å². The molecule has 2 atom stereocenters. The van der Waals surface area contributed by atoms with Crippen molar-refractivity contribution >= 4 is 0 Å². The van der Waals surface area contributed by atoms with Crippen molar-refractivity contribution < 1.29 is 5.11 Å². The Morgan fingerprint density at radius 3 is 1.67 bits per heavy atom. The SMILES string of the molecule is OC1C=CC2C=CC=CC2C=C1. The van der Waals surface area contributed by atoms with Crippen molar-refractivity contribution in [2.45, 2.75) is 6.10 Å². The van der Waals surface area contributed by atoms with Gasteiger partial charge in [-0.1, -0.05) is 48.6 Å². The first-order valence-corrected chi connectivity index (χ1v) is 4.26. The largest absolute Gasteiger partial charge is 0.385 e. The van der Waals surface area contributed by atoms with Crippen molar-refractivity contribution in [1.29, 1.82) is 0 Å². The lowest BCUT2D eigenvalue weighted by Crippen LogP contribution is -2.06. The first kappa shape index (κ1) is 7.56. The fraction of sp³-hybridized carbons (Fsp3) is 0.273. The Bertz CT molecular complexity index is 243. The van der Waals surface area contributed by atoms with E-state index in [4.69, 9.17) is 0 Å². The summed E-state index contributed by atoms with van der Waals surface area (Å²) in [6, 6.07) is 0. The molecule has 0 aliphatic heterocycles. The molecule has 62 valence electrons. The van der Waals surface area contributed by atoms with Gasteiger partial charge in [0.15, 0.2) is 0 Å². The molecule has 2 unspecified atom stereocenters. The van der Waals surface area contributed by atoms with E-state index < -0.39 is 6.10 Å². The third-order valence-corrected chi connectivity index (χ3v) is 2.28. The Kier molecular flexibility index (Phi) is 1.96. The normalized spacial score (nSPS) is 37.9. The van der Waals surface area contributed by atoms with E-state index in [-0.39, 0.29) is 0 Å². The summed E-state index contributed by atoms with van der Waals surface area (Å²) in [5.74, 6) is 0.867. The summed E-state index contributed by atoms with van der Waals surface area (Å²) < 4.78 is 0. The molecule has 0 aromatic carbocycles. The van der Waals surface area contributed by atoms with Gasteiger partial charge < -0.3 is 5.11 Å². The van der Waals surface area contributed by atoms with Gasteiger partial charge >= 0.3 is 0 Å². The van der Waals surface area contributed by atoms with Gasteiger partial charge in [0, 0.05) is 11.8 Å². The molecule has 0 radical (unpaired) electrons. The summed E-state index contributed by atoms with van der Waals surface area (Å²) >= 11 is 0. The van der Waals surface area contributed by atoms with Crippen LogP contribution < -0.4 is 0 Å². The van der Waals surface area contributed by atoms with E-state index in [1.807, 2.05) is 12.2 Å². The lowest BCUT2D eigenvalue weighted by Gasteiger charge is -2.15. The van der Waals surface area contributed by atoms with Gasteiger partial charge in [0.2, 0.25) is 0 Å². The quantitative estimate of drug-likeness (QED) is 0.536. The second kappa shape index (κ2) is 3.11. The molecule has 12 heavy (non-hydrogen) atoms. The second-order valence-corrected chi connectivity index (χ2v) is 3.18. The monoisotopic (exact) mass is 160 g/mol. The highest BCUT2D eigenvalue weighted by molar-refractivity contribution is 5.26. The lowest BCUT2D eigenvalue weighted by molar-refractivity contribution is 0.271. The summed E-state index contributed by atoms with van der Waals surface area (Å²) in [5.41, 5.74) is 0. The molecule has 0 heterocycles. The Balaban J connectivity index is 2.26. The summed E-state index contributed by atoms with van der Waals surface area (Å²) in [6.45, 7) is 0. The van der Waals surface area contributed by atoms with E-state index in [2.05, 4.69) is 36.5 Å². The third-order valence-electron chi connectivity index (χ3n) is 2.28. The molecule has 0 aromatic rings. The van der Waals surface area contributed by atoms with Crippen LogP contribution in [-0.2, 0) is 0 Å². The zero-order valence-electron chi connectivity index (χ0n) is 6.80. The molecule has 0 saturated carbocycles. The maximum absolute atomic E-state index is 9.31. The average Bonchev–Trinajstić information content (AvgIpc) is 2.29. The third kappa shape index (κ3) is 1.41. The summed E-state index contributed by atoms with van der Waals surface area (Å²) in [4.78, 5) is 0. The fourth-order valence-corrected chi connectivity index (χ4v) is 1.57. The van der Waals surface area contributed by atoms with Gasteiger partial charge in [-0.15, -0.1) is 0 Å². The minimum absolute atomic E-state index is 0.405. The molecule has 2 aliphatic rings. The number of rotatable bonds is 0. The summed E-state index contributed by atoms with van der Waals surface area (Å²) in [5, 5.41) is 9.31. The Hall–Kier alpha value is -1.08. The zero-order valence-corrected chi connectivity index (χ0v) is 6.80. The molecule has 2 rings (SSSR count). The zero-order chi connectivity index (χ0) is 8.39. The van der Waals surface area contributed by atoms with Gasteiger partial charge in [0.1, 0.15) is 0 Å². The first-order valence-electron chi connectivity index (χ1n) is 4.26. The minimum atomic E-state index is -0.405. The molecule has 0 spiro atoms. The number of hydrogen-bond donors (Lipinski definition) is 1. The number of fused-ring (bicyclic) bond motifs is 1. The van der Waals surface area contributed by atoms with Crippen LogP contribution in [0.5, 0.6) is 0 Å². The standard InChI is InChI=1S/C11H12O/c12-11-7-5-9-3-1-2-4-10(9)6-8-11/h1-12H. The van der Waals surface area contributed by atoms with Crippen molar-refractivity contribution in [2.24, 2.45) is 11.8 Å². The Morgan fingerprint density at radius 2 is 1.17 bits per heavy atom. The maximum atomic E-state index is 9.31. The van der Waals surface area contributed by atoms with E-state index >= 15 is 0 Å². The summed E-state index contributed by atoms with van der Waals surface area (Å²) in [7, 11) is 0. The van der Waals surface area contributed by atoms with Crippen LogP contribution in [0, 0.1) is 11.8 Å². The van der Waals surface area contributed by atoms with Crippen molar-refractivity contribution in [3.63, 3.8) is 0 Å². The molecule has 0 fully saturated rings. The van der Waals surface area contributed by atoms with Gasteiger partial charge in [-0.05, 0) is 0 Å². The van der Waals surface area contributed by atoms with Crippen LogP contribution in [0.4, 0.5) is 0 Å². The topological polar surface area (TPSA) is 20.2 Å². The lowest BCUT2D eigenvalue weighted by atomic mass is 9.89. The van der Waals surface area contributed by atoms with Gasteiger partial charge in [0.25, 0.3) is 0 Å². The molecule has 1 heteroatoms. The molecular formula is C11H12O. The Labute approximate surface area is 72.4 Å². The first-order chi connectivity index (χ1) is 5.86. The highest BCUT2D eigenvalue weighted by Crippen LogP contribution is 2.24. The number of aliphatic hydroxyl groups is 1. The van der Waals surface area contributed by atoms with Gasteiger partial charge in [-0.3, -0.25) is 0 Å². The second-order valence-electron chi connectivity index (χ2n) is 3.18. The van der Waals surface area contributed by atoms with Crippen LogP contribution in [-0.4, -0.2) is 11.2 Å². The highest BCUT2D eigenvalue weighted by Gasteiger charge is 2.15. The predicted octanol–water partition coefficient (Wildman–Crippen LogP) is 1.83. The number of aliphatic hydroxyl groups excluding tert-OH is 1. The molecule has 0 amide bonds. The maximum Gasteiger partial charge on any atom is 0.0903 e. The van der Waals surface area contributed by atoms with Gasteiger partial charge in [-0.25, -0.2) is 0 Å². The van der Waals surface area contributed by atoms with Crippen LogP contribution in [0.2, 0.25) is 0 Å². The molecule has 0 saturated heterocycles. The Morgan fingerprint density at radius 1 is 0.667 bits per heavy atom. The van der Waals surface area contributed by atoms with Gasteiger partial charge in [-0.2, -0.15) is 0 Å². The molecule has 0 aromatic heterocycles. The van der Waals surface area contributed by atoms with Crippen LogP contribution in [0.1, 0.15) is 0 Å². The molecular weight excluding hydrogens is 148 g/mol. The van der Waals surface area contributed by atoms with Crippen LogP contribution in [0.15, 0.2) is 48.6 Å². The fourth-order valence-electron chi connectivity index (χ4n) is 1.57. The molecule has 0 bridgehead atoms. The smallest absolute Gasteiger partial charge is 0.0903 e. The van der Waals surface area contributed by atoms with Crippen molar-refractivity contribution in [1.82, 2.24) is 0 Å². The molecule has 1 N–H and O–H groups in total. The van der Waals surface area contributed by atoms with Crippen molar-refractivity contribution in [3.8, 4) is 0 Å². The summed E-state index contributed by atoms with van der Waals surface area (Å²) in [6.07, 6.45) is 15.8. The molecule has 2 aliphatic carbocycles. The van der Waals surface area contributed by atoms with E-state index in [0.29, 0.717) is 11.8 Å². The van der Waals surface area contributed by atoms with E-state index in [0.717, 1.165) is 0 Å². The van der Waals surface area contributed by atoms with E-state index in [9.17, 15) is 5.11 Å². The number of hydrogen-bond acceptors (Lipinski definition) is 1. The minimum Gasteiger partial charge on any atom is -0.385 e. The van der Waals surface area contributed by atoms with E-state index in [1.165, 1.54) is 0 Å². The molecule has 1 nitrogen and oxygen atoms in total. The van der Waals surface area contributed by atoms with Crippen LogP contribution in [0.3, 0.4) is 0 Å².